The SMILES string of the molecule is COCC(C)NC(=NC(C)C1CCCO1)NN. The molecule has 6 nitrogen and oxygen atoms in total. The molecule has 0 aliphatic carbocycles. The highest BCUT2D eigenvalue weighted by Crippen LogP contribution is 2.17. The lowest BCUT2D eigenvalue weighted by Gasteiger charge is -2.19. The summed E-state index contributed by atoms with van der Waals surface area (Å²) < 4.78 is 10.6. The van der Waals surface area contributed by atoms with E-state index in [1.54, 1.807) is 7.11 Å². The zero-order valence-electron chi connectivity index (χ0n) is 10.9. The van der Waals surface area contributed by atoms with Gasteiger partial charge in [0.15, 0.2) is 0 Å². The van der Waals surface area contributed by atoms with Crippen molar-refractivity contribution in [3.63, 3.8) is 0 Å². The van der Waals surface area contributed by atoms with Crippen molar-refractivity contribution in [3.05, 3.63) is 0 Å². The smallest absolute Gasteiger partial charge is 0.206 e. The van der Waals surface area contributed by atoms with Gasteiger partial charge in [0.1, 0.15) is 0 Å². The van der Waals surface area contributed by atoms with Crippen molar-refractivity contribution < 1.29 is 9.47 Å². The number of aliphatic imine (C=N–C) groups is 1. The molecular formula is C11H24N4O2. The fraction of sp³-hybridized carbons (Fsp3) is 0.909. The lowest BCUT2D eigenvalue weighted by atomic mass is 10.1. The van der Waals surface area contributed by atoms with Crippen molar-refractivity contribution in [2.75, 3.05) is 20.3 Å². The highest BCUT2D eigenvalue weighted by molar-refractivity contribution is 5.79. The second-order valence-electron chi connectivity index (χ2n) is 4.41. The van der Waals surface area contributed by atoms with Crippen molar-refractivity contribution in [2.24, 2.45) is 10.8 Å². The van der Waals surface area contributed by atoms with Gasteiger partial charge in [-0.2, -0.15) is 0 Å². The van der Waals surface area contributed by atoms with Crippen LogP contribution in [0.15, 0.2) is 4.99 Å². The van der Waals surface area contributed by atoms with Gasteiger partial charge in [-0.3, -0.25) is 5.43 Å². The number of nitrogens with two attached hydrogens (primary N) is 1. The molecule has 0 saturated carbocycles. The maximum absolute atomic E-state index is 5.58. The molecule has 6 heteroatoms. The summed E-state index contributed by atoms with van der Waals surface area (Å²) in [5.41, 5.74) is 2.57. The number of methoxy groups -OCH3 is 1. The maximum Gasteiger partial charge on any atom is 0.206 e. The van der Waals surface area contributed by atoms with E-state index in [2.05, 4.69) is 15.7 Å². The Kier molecular flexibility index (Phi) is 6.25. The molecule has 3 atom stereocenters. The predicted octanol–water partition coefficient (Wildman–Crippen LogP) is -0.00230. The van der Waals surface area contributed by atoms with Crippen LogP contribution >= 0.6 is 0 Å². The highest BCUT2D eigenvalue weighted by Gasteiger charge is 2.22. The van der Waals surface area contributed by atoms with E-state index in [1.807, 2.05) is 13.8 Å². The van der Waals surface area contributed by atoms with Crippen LogP contribution < -0.4 is 16.6 Å². The largest absolute Gasteiger partial charge is 0.383 e. The molecule has 0 amide bonds. The lowest BCUT2D eigenvalue weighted by molar-refractivity contribution is 0.0950. The summed E-state index contributed by atoms with van der Waals surface area (Å²) in [6.45, 7) is 5.49. The van der Waals surface area contributed by atoms with E-state index < -0.39 is 0 Å². The first-order valence-electron chi connectivity index (χ1n) is 6.08. The Morgan fingerprint density at radius 3 is 2.88 bits per heavy atom. The van der Waals surface area contributed by atoms with Gasteiger partial charge in [0.05, 0.1) is 18.8 Å². The summed E-state index contributed by atoms with van der Waals surface area (Å²) in [5.74, 6) is 6.02. The first-order chi connectivity index (χ1) is 8.17. The third-order valence-corrected chi connectivity index (χ3v) is 2.77. The molecule has 1 aliphatic heterocycles. The first-order valence-corrected chi connectivity index (χ1v) is 6.08. The van der Waals surface area contributed by atoms with Crippen LogP contribution in [0, 0.1) is 0 Å². The summed E-state index contributed by atoms with van der Waals surface area (Å²) in [7, 11) is 1.67. The van der Waals surface area contributed by atoms with Crippen LogP contribution in [0.25, 0.3) is 0 Å². The molecule has 0 aromatic rings. The van der Waals surface area contributed by atoms with Crippen molar-refractivity contribution in [1.29, 1.82) is 0 Å². The molecule has 1 saturated heterocycles. The Labute approximate surface area is 103 Å². The fourth-order valence-corrected chi connectivity index (χ4v) is 1.91. The lowest BCUT2D eigenvalue weighted by Crippen LogP contribution is -2.47. The Morgan fingerprint density at radius 1 is 1.59 bits per heavy atom. The van der Waals surface area contributed by atoms with Gasteiger partial charge in [0.25, 0.3) is 0 Å². The molecule has 100 valence electrons. The number of ether oxygens (including phenoxy) is 2. The summed E-state index contributed by atoms with van der Waals surface area (Å²) in [4.78, 5) is 4.49. The average molecular weight is 244 g/mol. The van der Waals surface area contributed by atoms with E-state index in [4.69, 9.17) is 15.3 Å². The van der Waals surface area contributed by atoms with E-state index in [0.29, 0.717) is 12.6 Å². The van der Waals surface area contributed by atoms with Gasteiger partial charge in [-0.25, -0.2) is 10.8 Å². The normalized spacial score (nSPS) is 24.5. The maximum atomic E-state index is 5.58. The van der Waals surface area contributed by atoms with E-state index in [1.165, 1.54) is 0 Å². The molecule has 3 unspecified atom stereocenters. The van der Waals surface area contributed by atoms with Crippen molar-refractivity contribution in [2.45, 2.75) is 44.9 Å². The van der Waals surface area contributed by atoms with Gasteiger partial charge < -0.3 is 14.8 Å². The topological polar surface area (TPSA) is 80.9 Å². The third-order valence-electron chi connectivity index (χ3n) is 2.77. The molecule has 1 aliphatic rings. The van der Waals surface area contributed by atoms with Gasteiger partial charge in [-0.05, 0) is 26.7 Å². The monoisotopic (exact) mass is 244 g/mol. The van der Waals surface area contributed by atoms with Gasteiger partial charge in [0.2, 0.25) is 5.96 Å². The summed E-state index contributed by atoms with van der Waals surface area (Å²) >= 11 is 0. The Hall–Kier alpha value is -0.850. The molecule has 1 rings (SSSR count). The van der Waals surface area contributed by atoms with Crippen LogP contribution in [-0.2, 0) is 9.47 Å². The molecule has 1 heterocycles. The quantitative estimate of drug-likeness (QED) is 0.274. The summed E-state index contributed by atoms with van der Waals surface area (Å²) in [6, 6.07) is 0.261. The second kappa shape index (κ2) is 7.47. The minimum Gasteiger partial charge on any atom is -0.383 e. The zero-order valence-corrected chi connectivity index (χ0v) is 10.9. The van der Waals surface area contributed by atoms with Crippen LogP contribution in [0.2, 0.25) is 0 Å². The number of rotatable bonds is 5. The van der Waals surface area contributed by atoms with Gasteiger partial charge >= 0.3 is 0 Å². The van der Waals surface area contributed by atoms with E-state index in [0.717, 1.165) is 19.4 Å². The number of hydrogen-bond donors (Lipinski definition) is 3. The number of hydrazine groups is 1. The molecule has 17 heavy (non-hydrogen) atoms. The molecule has 1 fully saturated rings. The summed E-state index contributed by atoms with van der Waals surface area (Å²) in [6.07, 6.45) is 2.39. The molecule has 0 spiro atoms. The van der Waals surface area contributed by atoms with Gasteiger partial charge in [-0.1, -0.05) is 0 Å². The fourth-order valence-electron chi connectivity index (χ4n) is 1.91. The Balaban J connectivity index is 2.46. The third kappa shape index (κ3) is 4.89. The van der Waals surface area contributed by atoms with Crippen LogP contribution in [0.5, 0.6) is 0 Å². The van der Waals surface area contributed by atoms with Crippen LogP contribution in [0.1, 0.15) is 26.7 Å². The minimum atomic E-state index is 0.103. The molecular weight excluding hydrogens is 220 g/mol. The van der Waals surface area contributed by atoms with Crippen LogP contribution in [0.3, 0.4) is 0 Å². The van der Waals surface area contributed by atoms with Crippen molar-refractivity contribution >= 4 is 5.96 Å². The molecule has 0 radical (unpaired) electrons. The Bertz CT molecular complexity index is 242. The Morgan fingerprint density at radius 2 is 2.35 bits per heavy atom. The molecule has 0 aromatic heterocycles. The van der Waals surface area contributed by atoms with E-state index in [9.17, 15) is 0 Å². The zero-order chi connectivity index (χ0) is 12.7. The van der Waals surface area contributed by atoms with Crippen molar-refractivity contribution in [3.8, 4) is 0 Å². The minimum absolute atomic E-state index is 0.103. The predicted molar refractivity (Wildman–Crippen MR) is 67.7 cm³/mol. The van der Waals surface area contributed by atoms with Gasteiger partial charge in [0, 0.05) is 19.8 Å². The van der Waals surface area contributed by atoms with Crippen molar-refractivity contribution in [1.82, 2.24) is 10.7 Å². The molecule has 0 aromatic carbocycles. The first kappa shape index (κ1) is 14.2. The second-order valence-corrected chi connectivity index (χ2v) is 4.41. The van der Waals surface area contributed by atoms with E-state index >= 15 is 0 Å². The standard InChI is InChI=1S/C11H24N4O2/c1-8(7-16-3)13-11(15-12)14-9(2)10-5-4-6-17-10/h8-10H,4-7,12H2,1-3H3,(H2,13,14,15). The van der Waals surface area contributed by atoms with E-state index in [-0.39, 0.29) is 18.2 Å². The number of guanidine groups is 1. The molecule has 4 N–H and O–H groups in total. The number of nitrogens with zero attached hydrogens (tertiary/aromatic N) is 1. The highest BCUT2D eigenvalue weighted by atomic mass is 16.5. The van der Waals surface area contributed by atoms with Gasteiger partial charge in [-0.15, -0.1) is 0 Å². The number of nitrogens with one attached hydrogen (secondary N) is 2. The number of hydrogen-bond acceptors (Lipinski definition) is 4. The summed E-state index contributed by atoms with van der Waals surface area (Å²) in [5, 5.41) is 3.16. The van der Waals surface area contributed by atoms with Crippen LogP contribution in [0.4, 0.5) is 0 Å². The van der Waals surface area contributed by atoms with Crippen LogP contribution in [-0.4, -0.2) is 44.5 Å². The molecule has 0 bridgehead atoms. The average Bonchev–Trinajstić information content (AvgIpc) is 2.81.